The fourth-order valence-electron chi connectivity index (χ4n) is 7.86. The molecule has 14 nitrogen and oxygen atoms in total. The van der Waals surface area contributed by atoms with Gasteiger partial charge in [0.25, 0.3) is 11.7 Å². The number of nitrogens with one attached hydrogen (secondary N) is 1. The first kappa shape index (κ1) is 40.9. The number of phenolic OH excluding ortho intramolecular Hbond substituents is 2. The van der Waals surface area contributed by atoms with Crippen molar-refractivity contribution in [3.05, 3.63) is 75.7 Å². The maximum Gasteiger partial charge on any atom is 0.312 e. The Labute approximate surface area is 329 Å². The standard InChI is InChI=1S/C43H48N2O12/c1-19-11-10-12-20(2)42(52)45-34-37(50)31-30(33-40(34)56-29-18-26(47)13-14-27(29)44-33)32-39(24(6)36(31)49)57-43(8,41(32)51)54-16-15-28(53-9)23(5)38(55-25(7)46)22(4)17-21(3)35(19)48/h10-16,18-19,21-23,28,35,38,47-49H,17H2,1-9H3,(H,45,52)/b11-10+,16-15+,20-12-/t19-,21-,22+,23+,28-,35-,38-,43-/m0/s1. The molecule has 6 rings (SSSR count). The molecule has 0 unspecified atom stereocenters. The molecule has 3 heterocycles. The fourth-order valence-corrected chi connectivity index (χ4v) is 7.86. The average molecular weight is 785 g/mol. The number of rotatable bonds is 2. The van der Waals surface area contributed by atoms with E-state index < -0.39 is 58.9 Å². The fraction of sp³-hybridized carbons (Fsp3) is 0.419. The zero-order valence-corrected chi connectivity index (χ0v) is 33.3. The summed E-state index contributed by atoms with van der Waals surface area (Å²) in [6, 6.07) is 4.15. The number of carbonyl (C=O) groups is 3. The summed E-state index contributed by atoms with van der Waals surface area (Å²) in [6.07, 6.45) is 6.15. The van der Waals surface area contributed by atoms with E-state index in [1.54, 1.807) is 18.2 Å². The van der Waals surface area contributed by atoms with E-state index in [2.05, 4.69) is 5.32 Å². The van der Waals surface area contributed by atoms with Gasteiger partial charge in [0.2, 0.25) is 5.43 Å². The molecule has 4 aliphatic rings. The van der Waals surface area contributed by atoms with Gasteiger partial charge >= 0.3 is 11.8 Å². The number of amides is 1. The Hall–Kier alpha value is -5.73. The number of esters is 1. The van der Waals surface area contributed by atoms with Gasteiger partial charge in [0.1, 0.15) is 40.3 Å². The van der Waals surface area contributed by atoms with Crippen molar-refractivity contribution in [3.63, 3.8) is 0 Å². The third-order valence-electron chi connectivity index (χ3n) is 11.1. The van der Waals surface area contributed by atoms with Crippen molar-refractivity contribution in [1.29, 1.82) is 0 Å². The minimum Gasteiger partial charge on any atom is -0.508 e. The van der Waals surface area contributed by atoms with E-state index in [4.69, 9.17) is 28.3 Å². The number of aromatic hydroxyl groups is 2. The molecule has 0 spiro atoms. The quantitative estimate of drug-likeness (QED) is 0.0952. The summed E-state index contributed by atoms with van der Waals surface area (Å²) < 4.78 is 30.0. The molecule has 4 N–H and O–H groups in total. The van der Waals surface area contributed by atoms with Gasteiger partial charge in [0.05, 0.1) is 29.4 Å². The summed E-state index contributed by atoms with van der Waals surface area (Å²) >= 11 is 0. The maximum atomic E-state index is 14.5. The summed E-state index contributed by atoms with van der Waals surface area (Å²) in [6.45, 7) is 13.3. The van der Waals surface area contributed by atoms with E-state index in [0.717, 1.165) is 0 Å². The van der Waals surface area contributed by atoms with Gasteiger partial charge in [0, 0.05) is 55.4 Å². The topological polar surface area (TPSA) is 204 Å². The highest BCUT2D eigenvalue weighted by molar-refractivity contribution is 6.22. The number of ether oxygens (including phenoxy) is 4. The Bertz CT molecular complexity index is 2400. The Morgan fingerprint density at radius 1 is 1.04 bits per heavy atom. The van der Waals surface area contributed by atoms with Crippen LogP contribution in [-0.2, 0) is 23.8 Å². The van der Waals surface area contributed by atoms with E-state index in [9.17, 15) is 34.5 Å². The number of nitrogens with zero attached hydrogens (tertiary/aromatic N) is 1. The van der Waals surface area contributed by atoms with Crippen molar-refractivity contribution in [3.8, 4) is 28.7 Å². The third-order valence-corrected chi connectivity index (χ3v) is 11.1. The summed E-state index contributed by atoms with van der Waals surface area (Å²) in [4.78, 5) is 59.7. The number of anilines is 1. The van der Waals surface area contributed by atoms with E-state index in [0.29, 0.717) is 6.42 Å². The lowest BCUT2D eigenvalue weighted by atomic mass is 9.80. The average Bonchev–Trinajstić information content (AvgIpc) is 3.43. The number of hydrogen-bond donors (Lipinski definition) is 4. The predicted octanol–water partition coefficient (Wildman–Crippen LogP) is 6.68. The Kier molecular flexibility index (Phi) is 11.2. The van der Waals surface area contributed by atoms with E-state index in [1.807, 2.05) is 27.7 Å². The zero-order valence-electron chi connectivity index (χ0n) is 33.3. The molecule has 0 fully saturated rings. The molecule has 8 atom stereocenters. The van der Waals surface area contributed by atoms with Crippen molar-refractivity contribution < 1.29 is 53.1 Å². The minimum absolute atomic E-state index is 0.0480. The van der Waals surface area contributed by atoms with Crippen molar-refractivity contribution in [2.75, 3.05) is 12.4 Å². The van der Waals surface area contributed by atoms with Crippen molar-refractivity contribution in [2.45, 2.75) is 85.9 Å². The van der Waals surface area contributed by atoms with E-state index in [-0.39, 0.29) is 85.0 Å². The predicted molar refractivity (Wildman–Crippen MR) is 211 cm³/mol. The third kappa shape index (κ3) is 7.46. The molecule has 0 saturated carbocycles. The van der Waals surface area contributed by atoms with Gasteiger partial charge in [0.15, 0.2) is 11.3 Å². The number of aliphatic hydroxyl groups excluding tert-OH is 1. The second-order valence-corrected chi connectivity index (χ2v) is 15.4. The monoisotopic (exact) mass is 784 g/mol. The number of allylic oxidation sites excluding steroid dienone is 2. The number of phenols is 2. The number of carbonyl (C=O) groups excluding carboxylic acids is 3. The van der Waals surface area contributed by atoms with Gasteiger partial charge in [-0.25, -0.2) is 4.98 Å². The molecule has 0 aromatic heterocycles. The van der Waals surface area contributed by atoms with Crippen LogP contribution in [0.15, 0.2) is 63.6 Å². The van der Waals surface area contributed by atoms with Crippen LogP contribution in [0.1, 0.15) is 70.8 Å². The molecule has 57 heavy (non-hydrogen) atoms. The van der Waals surface area contributed by atoms with E-state index >= 15 is 0 Å². The highest BCUT2D eigenvalue weighted by atomic mass is 16.7. The molecule has 2 aromatic rings. The largest absolute Gasteiger partial charge is 0.508 e. The normalized spacial score (nSPS) is 29.4. The van der Waals surface area contributed by atoms with Crippen LogP contribution in [0, 0.1) is 30.6 Å². The summed E-state index contributed by atoms with van der Waals surface area (Å²) in [5, 5.41) is 35.4. The number of methoxy groups -OCH3 is 1. The van der Waals surface area contributed by atoms with Crippen molar-refractivity contribution in [2.24, 2.45) is 23.7 Å². The lowest BCUT2D eigenvalue weighted by molar-refractivity contribution is -0.155. The molecule has 2 aromatic carbocycles. The first-order valence-corrected chi connectivity index (χ1v) is 18.8. The zero-order chi connectivity index (χ0) is 41.7. The SMILES string of the molecule is CO[C@H]1/C=C/O[C@@]2(C)Oc3c(C)c(O)c4c(=O)c(c5oc6cc(O)ccc6nc-5c4c3C2=O)NC(=O)/C(C)=C\C=C\[C@H](C)[C@H](O)[C@@H](C)C[C@@H](C)[C@H](OC(C)=O)[C@@H]1C. The second-order valence-electron chi connectivity index (χ2n) is 15.4. The molecule has 302 valence electrons. The summed E-state index contributed by atoms with van der Waals surface area (Å²) in [5.41, 5.74) is -0.799. The van der Waals surface area contributed by atoms with Crippen LogP contribution in [0.3, 0.4) is 0 Å². The molecular weight excluding hydrogens is 736 g/mol. The van der Waals surface area contributed by atoms with Crippen LogP contribution in [0.2, 0.25) is 0 Å². The number of hydrogen-bond acceptors (Lipinski definition) is 13. The van der Waals surface area contributed by atoms with Gasteiger partial charge in [-0.2, -0.15) is 0 Å². The second kappa shape index (κ2) is 15.7. The van der Waals surface area contributed by atoms with Crippen molar-refractivity contribution >= 4 is 45.2 Å². The lowest BCUT2D eigenvalue weighted by Crippen LogP contribution is -2.40. The number of aromatic nitrogens is 1. The molecule has 3 aliphatic heterocycles. The van der Waals surface area contributed by atoms with Gasteiger partial charge in [-0.05, 0) is 50.3 Å². The summed E-state index contributed by atoms with van der Waals surface area (Å²) in [5.74, 6) is -5.99. The first-order chi connectivity index (χ1) is 26.9. The van der Waals surface area contributed by atoms with Gasteiger partial charge in [-0.1, -0.05) is 45.9 Å². The summed E-state index contributed by atoms with van der Waals surface area (Å²) in [7, 11) is 1.49. The van der Waals surface area contributed by atoms with E-state index in [1.165, 1.54) is 65.3 Å². The van der Waals surface area contributed by atoms with Crippen LogP contribution in [0.5, 0.6) is 17.2 Å². The molecule has 14 heteroatoms. The molecule has 4 bridgehead atoms. The minimum atomic E-state index is -2.00. The lowest BCUT2D eigenvalue weighted by Gasteiger charge is -2.34. The van der Waals surface area contributed by atoms with Crippen LogP contribution < -0.4 is 15.5 Å². The Morgan fingerprint density at radius 2 is 1.75 bits per heavy atom. The van der Waals surface area contributed by atoms with Crippen LogP contribution >= 0.6 is 0 Å². The van der Waals surface area contributed by atoms with Gasteiger partial charge in [-0.15, -0.1) is 0 Å². The number of Topliss-reactive ketones (excluding diaryl/α,β-unsaturated/α-hetero) is 1. The Balaban J connectivity index is 1.58. The molecule has 0 radical (unpaired) electrons. The molecular formula is C43H48N2O12. The van der Waals surface area contributed by atoms with Crippen molar-refractivity contribution in [1.82, 2.24) is 4.98 Å². The van der Waals surface area contributed by atoms with Gasteiger partial charge in [-0.3, -0.25) is 19.2 Å². The number of aliphatic hydroxyl groups is 1. The smallest absolute Gasteiger partial charge is 0.312 e. The molecule has 1 amide bonds. The van der Waals surface area contributed by atoms with Crippen LogP contribution in [0.4, 0.5) is 5.69 Å². The molecule has 1 aliphatic carbocycles. The number of ketones is 1. The highest BCUT2D eigenvalue weighted by Gasteiger charge is 2.50. The first-order valence-electron chi connectivity index (χ1n) is 18.8. The molecule has 0 saturated heterocycles. The van der Waals surface area contributed by atoms with Crippen LogP contribution in [0.25, 0.3) is 33.3 Å². The Morgan fingerprint density at radius 3 is 2.44 bits per heavy atom. The van der Waals surface area contributed by atoms with Gasteiger partial charge < -0.3 is 44.0 Å². The number of fused-ring (bicyclic) bond motifs is 2. The maximum absolute atomic E-state index is 14.5. The number of benzene rings is 3. The van der Waals surface area contributed by atoms with Crippen LogP contribution in [-0.4, -0.2) is 69.2 Å². The highest BCUT2D eigenvalue weighted by Crippen LogP contribution is 2.50.